The molecule has 20 heavy (non-hydrogen) atoms. The van der Waals surface area contributed by atoms with Crippen molar-refractivity contribution < 1.29 is 24.2 Å². The number of methoxy groups -OCH3 is 2. The molecule has 110 valence electrons. The Morgan fingerprint density at radius 1 is 1.25 bits per heavy atom. The number of rotatable bonds is 7. The number of nitrogens with two attached hydrogens (primary N) is 1. The summed E-state index contributed by atoms with van der Waals surface area (Å²) in [6, 6.07) is 2.72. The first-order valence-corrected chi connectivity index (χ1v) is 6.02. The van der Waals surface area contributed by atoms with Crippen LogP contribution in [0.5, 0.6) is 11.5 Å². The van der Waals surface area contributed by atoms with E-state index in [1.165, 1.54) is 26.4 Å². The molecule has 1 amide bonds. The topological polar surface area (TPSA) is 111 Å². The van der Waals surface area contributed by atoms with Gasteiger partial charge < -0.3 is 25.6 Å². The SMILES string of the molecule is COc1cc(NC(=O)CCCN)c(C(=O)O)cc1OC. The van der Waals surface area contributed by atoms with Crippen LogP contribution in [0.2, 0.25) is 0 Å². The fourth-order valence-electron chi connectivity index (χ4n) is 1.63. The zero-order chi connectivity index (χ0) is 15.1. The first-order valence-electron chi connectivity index (χ1n) is 6.02. The molecule has 0 atom stereocenters. The Morgan fingerprint density at radius 3 is 2.35 bits per heavy atom. The summed E-state index contributed by atoms with van der Waals surface area (Å²) in [5.41, 5.74) is 5.42. The maximum Gasteiger partial charge on any atom is 0.337 e. The maximum atomic E-state index is 11.7. The van der Waals surface area contributed by atoms with Crippen LogP contribution in [0, 0.1) is 0 Å². The Labute approximate surface area is 116 Å². The predicted molar refractivity (Wildman–Crippen MR) is 73.4 cm³/mol. The molecular formula is C13H18N2O5. The molecule has 1 rings (SSSR count). The minimum atomic E-state index is -1.17. The monoisotopic (exact) mass is 282 g/mol. The molecule has 0 aliphatic heterocycles. The maximum absolute atomic E-state index is 11.7. The number of aromatic carboxylic acids is 1. The van der Waals surface area contributed by atoms with Crippen molar-refractivity contribution in [3.05, 3.63) is 17.7 Å². The standard InChI is InChI=1S/C13H18N2O5/c1-19-10-6-8(13(17)18)9(7-11(10)20-2)15-12(16)4-3-5-14/h6-7H,3-5,14H2,1-2H3,(H,15,16)(H,17,18). The minimum absolute atomic E-state index is 0.0660. The van der Waals surface area contributed by atoms with Crippen LogP contribution >= 0.6 is 0 Å². The Hall–Kier alpha value is -2.28. The van der Waals surface area contributed by atoms with E-state index in [9.17, 15) is 14.7 Å². The van der Waals surface area contributed by atoms with E-state index in [0.717, 1.165) is 0 Å². The van der Waals surface area contributed by atoms with Gasteiger partial charge in [-0.1, -0.05) is 0 Å². The lowest BCUT2D eigenvalue weighted by atomic mass is 10.1. The molecule has 7 heteroatoms. The lowest BCUT2D eigenvalue weighted by Gasteiger charge is -2.13. The second-order valence-electron chi connectivity index (χ2n) is 4.00. The third-order valence-corrected chi connectivity index (χ3v) is 2.64. The van der Waals surface area contributed by atoms with Crippen LogP contribution in [0.3, 0.4) is 0 Å². The zero-order valence-electron chi connectivity index (χ0n) is 11.4. The van der Waals surface area contributed by atoms with Gasteiger partial charge in [0.05, 0.1) is 25.5 Å². The van der Waals surface area contributed by atoms with Crippen LogP contribution in [-0.2, 0) is 4.79 Å². The van der Waals surface area contributed by atoms with Gasteiger partial charge in [0.15, 0.2) is 11.5 Å². The van der Waals surface area contributed by atoms with Crippen molar-refractivity contribution in [2.75, 3.05) is 26.1 Å². The third-order valence-electron chi connectivity index (χ3n) is 2.64. The number of hydrogen-bond donors (Lipinski definition) is 3. The average Bonchev–Trinajstić information content (AvgIpc) is 2.44. The highest BCUT2D eigenvalue weighted by Gasteiger charge is 2.17. The predicted octanol–water partition coefficient (Wildman–Crippen LogP) is 1.08. The van der Waals surface area contributed by atoms with Gasteiger partial charge in [-0.3, -0.25) is 4.79 Å². The lowest BCUT2D eigenvalue weighted by Crippen LogP contribution is -2.16. The first-order chi connectivity index (χ1) is 9.53. The molecule has 0 aliphatic rings. The molecule has 7 nitrogen and oxygen atoms in total. The highest BCUT2D eigenvalue weighted by Crippen LogP contribution is 2.33. The molecule has 0 aliphatic carbocycles. The number of anilines is 1. The fourth-order valence-corrected chi connectivity index (χ4v) is 1.63. The van der Waals surface area contributed by atoms with E-state index in [1.807, 2.05) is 0 Å². The Balaban J connectivity index is 3.09. The summed E-state index contributed by atoms with van der Waals surface area (Å²) in [5, 5.41) is 11.7. The largest absolute Gasteiger partial charge is 0.493 e. The number of nitrogens with one attached hydrogen (secondary N) is 1. The summed E-state index contributed by atoms with van der Waals surface area (Å²) >= 11 is 0. The van der Waals surface area contributed by atoms with E-state index in [-0.39, 0.29) is 29.3 Å². The molecule has 0 heterocycles. The number of carbonyl (C=O) groups excluding carboxylic acids is 1. The summed E-state index contributed by atoms with van der Waals surface area (Å²) in [6.45, 7) is 0.394. The minimum Gasteiger partial charge on any atom is -0.493 e. The summed E-state index contributed by atoms with van der Waals surface area (Å²) in [4.78, 5) is 22.9. The van der Waals surface area contributed by atoms with Crippen molar-refractivity contribution in [1.82, 2.24) is 0 Å². The molecule has 0 spiro atoms. The van der Waals surface area contributed by atoms with Crippen molar-refractivity contribution in [3.63, 3.8) is 0 Å². The molecule has 1 aromatic carbocycles. The van der Waals surface area contributed by atoms with Crippen LogP contribution in [0.4, 0.5) is 5.69 Å². The van der Waals surface area contributed by atoms with E-state index in [0.29, 0.717) is 18.7 Å². The van der Waals surface area contributed by atoms with Gasteiger partial charge in [-0.05, 0) is 13.0 Å². The average molecular weight is 282 g/mol. The number of benzene rings is 1. The summed E-state index contributed by atoms with van der Waals surface area (Å²) in [6.07, 6.45) is 0.755. The van der Waals surface area contributed by atoms with Gasteiger partial charge >= 0.3 is 5.97 Å². The van der Waals surface area contributed by atoms with Gasteiger partial charge in [-0.15, -0.1) is 0 Å². The van der Waals surface area contributed by atoms with Gasteiger partial charge in [0.25, 0.3) is 0 Å². The van der Waals surface area contributed by atoms with Gasteiger partial charge in [-0.25, -0.2) is 4.79 Å². The molecular weight excluding hydrogens is 264 g/mol. The van der Waals surface area contributed by atoms with Crippen molar-refractivity contribution in [2.45, 2.75) is 12.8 Å². The molecule has 0 fully saturated rings. The van der Waals surface area contributed by atoms with Crippen molar-refractivity contribution >= 4 is 17.6 Å². The molecule has 1 aromatic rings. The highest BCUT2D eigenvalue weighted by molar-refractivity contribution is 6.01. The van der Waals surface area contributed by atoms with Crippen LogP contribution in [-0.4, -0.2) is 37.7 Å². The van der Waals surface area contributed by atoms with E-state index in [4.69, 9.17) is 15.2 Å². The van der Waals surface area contributed by atoms with E-state index in [2.05, 4.69) is 5.32 Å². The summed E-state index contributed by atoms with van der Waals surface area (Å²) < 4.78 is 10.1. The molecule has 0 saturated heterocycles. The molecule has 0 unspecified atom stereocenters. The quantitative estimate of drug-likeness (QED) is 0.690. The molecule has 4 N–H and O–H groups in total. The fraction of sp³-hybridized carbons (Fsp3) is 0.385. The van der Waals surface area contributed by atoms with Gasteiger partial charge in [-0.2, -0.15) is 0 Å². The van der Waals surface area contributed by atoms with Gasteiger partial charge in [0, 0.05) is 18.6 Å². The van der Waals surface area contributed by atoms with E-state index >= 15 is 0 Å². The smallest absolute Gasteiger partial charge is 0.337 e. The molecule has 0 aromatic heterocycles. The Bertz CT molecular complexity index is 502. The third kappa shape index (κ3) is 3.86. The van der Waals surface area contributed by atoms with Crippen molar-refractivity contribution in [3.8, 4) is 11.5 Å². The zero-order valence-corrected chi connectivity index (χ0v) is 11.4. The lowest BCUT2D eigenvalue weighted by molar-refractivity contribution is -0.116. The highest BCUT2D eigenvalue weighted by atomic mass is 16.5. The second-order valence-corrected chi connectivity index (χ2v) is 4.00. The van der Waals surface area contributed by atoms with Crippen LogP contribution in [0.25, 0.3) is 0 Å². The van der Waals surface area contributed by atoms with Crippen molar-refractivity contribution in [1.29, 1.82) is 0 Å². The summed E-state index contributed by atoms with van der Waals surface area (Å²) in [5.74, 6) is -0.846. The van der Waals surface area contributed by atoms with Gasteiger partial charge in [0.2, 0.25) is 5.91 Å². The van der Waals surface area contributed by atoms with Crippen LogP contribution in [0.15, 0.2) is 12.1 Å². The van der Waals surface area contributed by atoms with Crippen molar-refractivity contribution in [2.24, 2.45) is 5.73 Å². The van der Waals surface area contributed by atoms with Crippen LogP contribution < -0.4 is 20.5 Å². The number of hydrogen-bond acceptors (Lipinski definition) is 5. The second kappa shape index (κ2) is 7.34. The first kappa shape index (κ1) is 15.8. The molecule has 0 radical (unpaired) electrons. The number of carboxylic acid groups (broad SMARTS) is 1. The van der Waals surface area contributed by atoms with E-state index in [1.54, 1.807) is 0 Å². The molecule has 0 saturated carbocycles. The summed E-state index contributed by atoms with van der Waals surface area (Å²) in [7, 11) is 2.83. The Morgan fingerprint density at radius 2 is 1.85 bits per heavy atom. The number of carboxylic acids is 1. The number of ether oxygens (including phenoxy) is 2. The normalized spacial score (nSPS) is 9.95. The van der Waals surface area contributed by atoms with Crippen LogP contribution in [0.1, 0.15) is 23.2 Å². The molecule has 0 bridgehead atoms. The number of amides is 1. The Kier molecular flexibility index (Phi) is 5.79. The van der Waals surface area contributed by atoms with Gasteiger partial charge in [0.1, 0.15) is 0 Å². The number of carbonyl (C=O) groups is 2. The van der Waals surface area contributed by atoms with E-state index < -0.39 is 5.97 Å².